The van der Waals surface area contributed by atoms with E-state index in [1.807, 2.05) is 0 Å². The zero-order valence-electron chi connectivity index (χ0n) is 10.7. The van der Waals surface area contributed by atoms with Crippen LogP contribution in [0.3, 0.4) is 0 Å². The van der Waals surface area contributed by atoms with E-state index < -0.39 is 0 Å². The van der Waals surface area contributed by atoms with Gasteiger partial charge in [-0.1, -0.05) is 0 Å². The van der Waals surface area contributed by atoms with E-state index in [0.29, 0.717) is 12.1 Å². The second-order valence-corrected chi connectivity index (χ2v) is 6.62. The Morgan fingerprint density at radius 3 is 3.12 bits per heavy atom. The lowest BCUT2D eigenvalue weighted by Crippen LogP contribution is -2.52. The molecule has 0 bridgehead atoms. The maximum absolute atomic E-state index is 3.51. The lowest BCUT2D eigenvalue weighted by Gasteiger charge is -2.37. The van der Waals surface area contributed by atoms with E-state index >= 15 is 0 Å². The van der Waals surface area contributed by atoms with Crippen molar-refractivity contribution in [2.24, 2.45) is 0 Å². The number of thioether (sulfide) groups is 1. The number of hydrogen-bond acceptors (Lipinski definition) is 4. The minimum atomic E-state index is 0.618. The van der Waals surface area contributed by atoms with Crippen LogP contribution in [0.4, 0.5) is 0 Å². The summed E-state index contributed by atoms with van der Waals surface area (Å²) in [6.45, 7) is 1.23. The Morgan fingerprint density at radius 2 is 2.47 bits per heavy atom. The van der Waals surface area contributed by atoms with Crippen LogP contribution >= 0.6 is 23.1 Å². The van der Waals surface area contributed by atoms with Gasteiger partial charge in [0.2, 0.25) is 0 Å². The molecule has 0 amide bonds. The fourth-order valence-corrected chi connectivity index (χ4v) is 4.43. The third-order valence-electron chi connectivity index (χ3n) is 3.60. The molecule has 1 aliphatic rings. The Bertz CT molecular complexity index is 313. The number of nitrogens with zero attached hydrogens (tertiary/aromatic N) is 1. The first-order valence-electron chi connectivity index (χ1n) is 6.27. The van der Waals surface area contributed by atoms with Gasteiger partial charge in [-0.05, 0) is 49.3 Å². The van der Waals surface area contributed by atoms with Crippen LogP contribution < -0.4 is 5.32 Å². The molecule has 2 heterocycles. The van der Waals surface area contributed by atoms with Crippen LogP contribution in [-0.4, -0.2) is 49.1 Å². The van der Waals surface area contributed by atoms with E-state index in [1.165, 1.54) is 36.5 Å². The predicted octanol–water partition coefficient (Wildman–Crippen LogP) is 2.32. The first-order chi connectivity index (χ1) is 8.31. The van der Waals surface area contributed by atoms with E-state index in [2.05, 4.69) is 52.9 Å². The van der Waals surface area contributed by atoms with E-state index in [1.54, 1.807) is 11.3 Å². The van der Waals surface area contributed by atoms with Crippen molar-refractivity contribution < 1.29 is 0 Å². The molecule has 0 saturated carbocycles. The second-order valence-electron chi connectivity index (χ2n) is 4.69. The van der Waals surface area contributed by atoms with Gasteiger partial charge in [0, 0.05) is 30.1 Å². The van der Waals surface area contributed by atoms with Crippen molar-refractivity contribution in [3.63, 3.8) is 0 Å². The molecule has 0 spiro atoms. The Morgan fingerprint density at radius 1 is 1.59 bits per heavy atom. The smallest absolute Gasteiger partial charge is 0.0337 e. The molecule has 2 atom stereocenters. The quantitative estimate of drug-likeness (QED) is 0.884. The van der Waals surface area contributed by atoms with Gasteiger partial charge in [0.15, 0.2) is 0 Å². The highest BCUT2D eigenvalue weighted by molar-refractivity contribution is 7.99. The molecule has 1 fully saturated rings. The van der Waals surface area contributed by atoms with Gasteiger partial charge in [0.1, 0.15) is 0 Å². The number of aryl methyl sites for hydroxylation is 1. The summed E-state index contributed by atoms with van der Waals surface area (Å²) in [7, 11) is 4.37. The molecule has 0 aliphatic carbocycles. The van der Waals surface area contributed by atoms with Gasteiger partial charge in [-0.2, -0.15) is 23.1 Å². The van der Waals surface area contributed by atoms with Crippen LogP contribution in [0.2, 0.25) is 0 Å². The molecule has 1 saturated heterocycles. The average molecular weight is 270 g/mol. The third-order valence-corrected chi connectivity index (χ3v) is 5.38. The fraction of sp³-hybridized carbons (Fsp3) is 0.692. The topological polar surface area (TPSA) is 15.3 Å². The number of thiophene rings is 1. The second kappa shape index (κ2) is 6.78. The SMILES string of the molecule is CNC(CCc1ccsc1)C1CSCCN1C. The molecule has 1 aliphatic heterocycles. The molecular weight excluding hydrogens is 248 g/mol. The molecule has 2 nitrogen and oxygen atoms in total. The predicted molar refractivity (Wildman–Crippen MR) is 79.2 cm³/mol. The summed E-state index contributed by atoms with van der Waals surface area (Å²) < 4.78 is 0. The van der Waals surface area contributed by atoms with Gasteiger partial charge in [-0.15, -0.1) is 0 Å². The van der Waals surface area contributed by atoms with E-state index in [9.17, 15) is 0 Å². The van der Waals surface area contributed by atoms with Crippen LogP contribution in [0.25, 0.3) is 0 Å². The molecule has 1 aromatic heterocycles. The first kappa shape index (κ1) is 13.4. The Kier molecular flexibility index (Phi) is 5.35. The van der Waals surface area contributed by atoms with Crippen molar-refractivity contribution in [3.05, 3.63) is 22.4 Å². The van der Waals surface area contributed by atoms with Crippen molar-refractivity contribution in [2.45, 2.75) is 24.9 Å². The van der Waals surface area contributed by atoms with Gasteiger partial charge in [0.25, 0.3) is 0 Å². The molecule has 96 valence electrons. The zero-order valence-corrected chi connectivity index (χ0v) is 12.3. The van der Waals surface area contributed by atoms with Crippen molar-refractivity contribution in [2.75, 3.05) is 32.1 Å². The zero-order chi connectivity index (χ0) is 12.1. The molecule has 17 heavy (non-hydrogen) atoms. The fourth-order valence-electron chi connectivity index (χ4n) is 2.42. The molecule has 2 unspecified atom stereocenters. The number of likely N-dealkylation sites (N-methyl/N-ethyl adjacent to an activating group) is 2. The van der Waals surface area contributed by atoms with E-state index in [0.717, 1.165) is 0 Å². The monoisotopic (exact) mass is 270 g/mol. The molecule has 0 aromatic carbocycles. The van der Waals surface area contributed by atoms with Crippen LogP contribution in [0.5, 0.6) is 0 Å². The average Bonchev–Trinajstić information content (AvgIpc) is 2.85. The van der Waals surface area contributed by atoms with Gasteiger partial charge in [-0.25, -0.2) is 0 Å². The van der Waals surface area contributed by atoms with Crippen LogP contribution in [0, 0.1) is 0 Å². The summed E-state index contributed by atoms with van der Waals surface area (Å²) in [6.07, 6.45) is 2.44. The minimum absolute atomic E-state index is 0.618. The molecule has 4 heteroatoms. The molecule has 1 N–H and O–H groups in total. The van der Waals surface area contributed by atoms with Gasteiger partial charge in [0.05, 0.1) is 0 Å². The highest BCUT2D eigenvalue weighted by atomic mass is 32.2. The molecular formula is C13H22N2S2. The first-order valence-corrected chi connectivity index (χ1v) is 8.37. The van der Waals surface area contributed by atoms with E-state index in [-0.39, 0.29) is 0 Å². The summed E-state index contributed by atoms with van der Waals surface area (Å²) in [5.41, 5.74) is 1.49. The largest absolute Gasteiger partial charge is 0.315 e. The Balaban J connectivity index is 1.86. The Hall–Kier alpha value is -0.0300. The summed E-state index contributed by atoms with van der Waals surface area (Å²) >= 11 is 3.89. The normalized spacial score (nSPS) is 23.8. The van der Waals surface area contributed by atoms with E-state index in [4.69, 9.17) is 0 Å². The highest BCUT2D eigenvalue weighted by Crippen LogP contribution is 2.20. The number of rotatable bonds is 5. The molecule has 1 aromatic rings. The molecule has 2 rings (SSSR count). The van der Waals surface area contributed by atoms with Crippen molar-refractivity contribution in [1.29, 1.82) is 0 Å². The van der Waals surface area contributed by atoms with Crippen LogP contribution in [-0.2, 0) is 6.42 Å². The maximum atomic E-state index is 3.51. The number of hydrogen-bond donors (Lipinski definition) is 1. The maximum Gasteiger partial charge on any atom is 0.0337 e. The molecule has 0 radical (unpaired) electrons. The summed E-state index contributed by atoms with van der Waals surface area (Å²) in [5.74, 6) is 2.56. The third kappa shape index (κ3) is 3.71. The number of nitrogens with one attached hydrogen (secondary N) is 1. The lowest BCUT2D eigenvalue weighted by atomic mass is 10.0. The summed E-state index contributed by atoms with van der Waals surface area (Å²) in [5, 5.41) is 7.96. The van der Waals surface area contributed by atoms with Gasteiger partial charge in [-0.3, -0.25) is 0 Å². The van der Waals surface area contributed by atoms with Gasteiger partial charge < -0.3 is 10.2 Å². The summed E-state index contributed by atoms with van der Waals surface area (Å²) in [6, 6.07) is 3.56. The minimum Gasteiger partial charge on any atom is -0.315 e. The lowest BCUT2D eigenvalue weighted by molar-refractivity contribution is 0.214. The highest BCUT2D eigenvalue weighted by Gasteiger charge is 2.26. The standard InChI is InChI=1S/C13H22N2S2/c1-14-12(4-3-11-5-7-16-9-11)13-10-17-8-6-15(13)2/h5,7,9,12-14H,3-4,6,8,10H2,1-2H3. The Labute approximate surface area is 113 Å². The van der Waals surface area contributed by atoms with Crippen molar-refractivity contribution >= 4 is 23.1 Å². The van der Waals surface area contributed by atoms with Crippen LogP contribution in [0.1, 0.15) is 12.0 Å². The van der Waals surface area contributed by atoms with Crippen molar-refractivity contribution in [3.8, 4) is 0 Å². The van der Waals surface area contributed by atoms with Crippen LogP contribution in [0.15, 0.2) is 16.8 Å². The summed E-state index contributed by atoms with van der Waals surface area (Å²) in [4.78, 5) is 2.52. The van der Waals surface area contributed by atoms with Crippen molar-refractivity contribution in [1.82, 2.24) is 10.2 Å². The van der Waals surface area contributed by atoms with Gasteiger partial charge >= 0.3 is 0 Å².